The first-order valence-corrected chi connectivity index (χ1v) is 6.33. The first kappa shape index (κ1) is 18.0. The molecular formula is C12H25Cl2N3O. The predicted octanol–water partition coefficient (Wildman–Crippen LogP) is 0.753. The quantitative estimate of drug-likeness (QED) is 0.791. The maximum Gasteiger partial charge on any atom is 0.224 e. The average molecular weight is 298 g/mol. The molecule has 4 nitrogen and oxygen atoms in total. The van der Waals surface area contributed by atoms with Crippen LogP contribution in [0, 0.1) is 17.8 Å². The molecule has 0 saturated carbocycles. The minimum atomic E-state index is 0. The lowest BCUT2D eigenvalue weighted by atomic mass is 9.78. The Morgan fingerprint density at radius 1 is 1.22 bits per heavy atom. The molecule has 2 saturated heterocycles. The van der Waals surface area contributed by atoms with Gasteiger partial charge < -0.3 is 15.5 Å². The van der Waals surface area contributed by atoms with E-state index in [0.29, 0.717) is 5.92 Å². The van der Waals surface area contributed by atoms with Crippen molar-refractivity contribution in [3.05, 3.63) is 0 Å². The zero-order valence-corrected chi connectivity index (χ0v) is 12.8. The summed E-state index contributed by atoms with van der Waals surface area (Å²) in [6.07, 6.45) is 2.49. The molecule has 2 aliphatic rings. The first-order chi connectivity index (χ1) is 7.72. The monoisotopic (exact) mass is 297 g/mol. The first-order valence-electron chi connectivity index (χ1n) is 6.33. The van der Waals surface area contributed by atoms with Crippen LogP contribution in [0.1, 0.15) is 12.8 Å². The standard InChI is InChI=1S/C12H23N3O.2ClH/c1-13-12(16)11-8-14-7-10(11)9-3-5-15(2)6-4-9;;/h9-11,14H,3-8H2,1-2H3,(H,13,16);2*1H. The van der Waals surface area contributed by atoms with Crippen LogP contribution in [-0.4, -0.2) is 51.1 Å². The third kappa shape index (κ3) is 3.98. The molecule has 2 aliphatic heterocycles. The Morgan fingerprint density at radius 3 is 2.39 bits per heavy atom. The van der Waals surface area contributed by atoms with Gasteiger partial charge in [-0.3, -0.25) is 4.79 Å². The van der Waals surface area contributed by atoms with Gasteiger partial charge in [-0.15, -0.1) is 24.8 Å². The van der Waals surface area contributed by atoms with Gasteiger partial charge in [0, 0.05) is 13.6 Å². The van der Waals surface area contributed by atoms with Crippen LogP contribution in [-0.2, 0) is 4.79 Å². The van der Waals surface area contributed by atoms with Crippen molar-refractivity contribution < 1.29 is 4.79 Å². The molecule has 18 heavy (non-hydrogen) atoms. The molecule has 2 heterocycles. The summed E-state index contributed by atoms with van der Waals surface area (Å²) in [7, 11) is 3.92. The summed E-state index contributed by atoms with van der Waals surface area (Å²) in [4.78, 5) is 14.2. The van der Waals surface area contributed by atoms with Crippen LogP contribution in [0.3, 0.4) is 0 Å². The molecule has 0 aromatic rings. The molecular weight excluding hydrogens is 273 g/mol. The van der Waals surface area contributed by atoms with Crippen LogP contribution in [0.2, 0.25) is 0 Å². The van der Waals surface area contributed by atoms with Gasteiger partial charge in [0.1, 0.15) is 0 Å². The van der Waals surface area contributed by atoms with E-state index in [-0.39, 0.29) is 36.6 Å². The molecule has 1 amide bonds. The maximum atomic E-state index is 11.8. The highest BCUT2D eigenvalue weighted by molar-refractivity contribution is 5.85. The fourth-order valence-electron chi connectivity index (χ4n) is 3.12. The van der Waals surface area contributed by atoms with Crippen molar-refractivity contribution >= 4 is 30.7 Å². The number of carbonyl (C=O) groups is 1. The van der Waals surface area contributed by atoms with E-state index in [1.54, 1.807) is 7.05 Å². The number of carbonyl (C=O) groups excluding carboxylic acids is 1. The van der Waals surface area contributed by atoms with Gasteiger partial charge in [0.05, 0.1) is 5.92 Å². The normalized spacial score (nSPS) is 29.2. The highest BCUT2D eigenvalue weighted by Crippen LogP contribution is 2.32. The van der Waals surface area contributed by atoms with Crippen molar-refractivity contribution in [3.8, 4) is 0 Å². The lowest BCUT2D eigenvalue weighted by Crippen LogP contribution is -2.39. The second-order valence-corrected chi connectivity index (χ2v) is 5.18. The molecule has 0 bridgehead atoms. The summed E-state index contributed by atoms with van der Waals surface area (Å²) in [5.74, 6) is 1.69. The maximum absolute atomic E-state index is 11.8. The van der Waals surface area contributed by atoms with E-state index in [0.717, 1.165) is 19.0 Å². The fraction of sp³-hybridized carbons (Fsp3) is 0.917. The Morgan fingerprint density at radius 2 is 1.83 bits per heavy atom. The van der Waals surface area contributed by atoms with E-state index in [1.807, 2.05) is 0 Å². The zero-order valence-electron chi connectivity index (χ0n) is 11.1. The number of nitrogens with zero attached hydrogens (tertiary/aromatic N) is 1. The minimum Gasteiger partial charge on any atom is -0.359 e. The molecule has 2 rings (SSSR count). The number of nitrogens with one attached hydrogen (secondary N) is 2. The Kier molecular flexibility index (Phi) is 8.19. The largest absolute Gasteiger partial charge is 0.359 e. The van der Waals surface area contributed by atoms with Gasteiger partial charge in [-0.05, 0) is 51.4 Å². The van der Waals surface area contributed by atoms with Gasteiger partial charge in [-0.25, -0.2) is 0 Å². The summed E-state index contributed by atoms with van der Waals surface area (Å²) in [5, 5.41) is 6.17. The van der Waals surface area contributed by atoms with E-state index in [9.17, 15) is 4.79 Å². The fourth-order valence-corrected chi connectivity index (χ4v) is 3.12. The lowest BCUT2D eigenvalue weighted by Gasteiger charge is -2.34. The molecule has 0 aromatic heterocycles. The summed E-state index contributed by atoms with van der Waals surface area (Å²) < 4.78 is 0. The van der Waals surface area contributed by atoms with E-state index in [4.69, 9.17) is 0 Å². The van der Waals surface area contributed by atoms with Crippen molar-refractivity contribution in [2.75, 3.05) is 40.3 Å². The summed E-state index contributed by atoms with van der Waals surface area (Å²) in [5.41, 5.74) is 0. The van der Waals surface area contributed by atoms with Crippen LogP contribution < -0.4 is 10.6 Å². The topological polar surface area (TPSA) is 44.4 Å². The number of likely N-dealkylation sites (tertiary alicyclic amines) is 1. The smallest absolute Gasteiger partial charge is 0.224 e. The predicted molar refractivity (Wildman–Crippen MR) is 78.6 cm³/mol. The number of amides is 1. The molecule has 0 spiro atoms. The van der Waals surface area contributed by atoms with E-state index >= 15 is 0 Å². The third-order valence-electron chi connectivity index (χ3n) is 4.21. The Hall–Kier alpha value is -0.0300. The SMILES string of the molecule is CNC(=O)C1CNCC1C1CCN(C)CC1.Cl.Cl. The molecule has 6 heteroatoms. The lowest BCUT2D eigenvalue weighted by molar-refractivity contribution is -0.125. The van der Waals surface area contributed by atoms with Crippen LogP contribution in [0.5, 0.6) is 0 Å². The number of piperidine rings is 1. The van der Waals surface area contributed by atoms with Gasteiger partial charge in [-0.1, -0.05) is 0 Å². The molecule has 2 fully saturated rings. The van der Waals surface area contributed by atoms with Gasteiger partial charge >= 0.3 is 0 Å². The zero-order chi connectivity index (χ0) is 11.5. The van der Waals surface area contributed by atoms with Gasteiger partial charge in [0.25, 0.3) is 0 Å². The van der Waals surface area contributed by atoms with Crippen molar-refractivity contribution in [3.63, 3.8) is 0 Å². The Labute approximate surface area is 122 Å². The highest BCUT2D eigenvalue weighted by atomic mass is 35.5. The minimum absolute atomic E-state index is 0. The van der Waals surface area contributed by atoms with Crippen molar-refractivity contribution in [2.45, 2.75) is 12.8 Å². The van der Waals surface area contributed by atoms with E-state index < -0.39 is 0 Å². The van der Waals surface area contributed by atoms with Crippen LogP contribution >= 0.6 is 24.8 Å². The van der Waals surface area contributed by atoms with Crippen molar-refractivity contribution in [2.24, 2.45) is 17.8 Å². The molecule has 0 aromatic carbocycles. The third-order valence-corrected chi connectivity index (χ3v) is 4.21. The molecule has 2 atom stereocenters. The summed E-state index contributed by atoms with van der Waals surface area (Å²) in [6, 6.07) is 0. The molecule has 2 unspecified atom stereocenters. The van der Waals surface area contributed by atoms with Crippen LogP contribution in [0.4, 0.5) is 0 Å². The number of hydrogen-bond acceptors (Lipinski definition) is 3. The molecule has 0 radical (unpaired) electrons. The molecule has 2 N–H and O–H groups in total. The van der Waals surface area contributed by atoms with Crippen LogP contribution in [0.15, 0.2) is 0 Å². The van der Waals surface area contributed by atoms with Crippen LogP contribution in [0.25, 0.3) is 0 Å². The van der Waals surface area contributed by atoms with Gasteiger partial charge in [0.15, 0.2) is 0 Å². The average Bonchev–Trinajstić information content (AvgIpc) is 2.78. The van der Waals surface area contributed by atoms with Gasteiger partial charge in [0.2, 0.25) is 5.91 Å². The number of halogens is 2. The molecule has 108 valence electrons. The van der Waals surface area contributed by atoms with Gasteiger partial charge in [-0.2, -0.15) is 0 Å². The summed E-state index contributed by atoms with van der Waals surface area (Å²) in [6.45, 7) is 4.24. The number of rotatable bonds is 2. The van der Waals surface area contributed by atoms with E-state index in [2.05, 4.69) is 22.6 Å². The second-order valence-electron chi connectivity index (χ2n) is 5.18. The molecule has 0 aliphatic carbocycles. The highest BCUT2D eigenvalue weighted by Gasteiger charge is 2.38. The Bertz CT molecular complexity index is 258. The summed E-state index contributed by atoms with van der Waals surface area (Å²) >= 11 is 0. The van der Waals surface area contributed by atoms with Crippen molar-refractivity contribution in [1.82, 2.24) is 15.5 Å². The van der Waals surface area contributed by atoms with Crippen molar-refractivity contribution in [1.29, 1.82) is 0 Å². The Balaban J connectivity index is 0.00000144. The number of hydrogen-bond donors (Lipinski definition) is 2. The second kappa shape index (κ2) is 8.20. The van der Waals surface area contributed by atoms with E-state index in [1.165, 1.54) is 25.9 Å².